The Bertz CT molecular complexity index is 33.5. The van der Waals surface area contributed by atoms with E-state index in [0.717, 1.165) is 13.0 Å². The first-order valence-corrected chi connectivity index (χ1v) is 3.06. The Labute approximate surface area is 51.0 Å². The van der Waals surface area contributed by atoms with E-state index in [1.54, 1.807) is 0 Å². The minimum absolute atomic E-state index is 0.768. The van der Waals surface area contributed by atoms with Crippen molar-refractivity contribution in [1.29, 1.82) is 0 Å². The van der Waals surface area contributed by atoms with Gasteiger partial charge in [-0.3, -0.25) is 0 Å². The van der Waals surface area contributed by atoms with E-state index in [4.69, 9.17) is 10.5 Å². The summed E-state index contributed by atoms with van der Waals surface area (Å²) in [5.74, 6) is 0. The van der Waals surface area contributed by atoms with Crippen molar-refractivity contribution in [1.82, 2.24) is 0 Å². The van der Waals surface area contributed by atoms with E-state index in [1.165, 1.54) is 19.6 Å². The second-order valence-electron chi connectivity index (χ2n) is 1.71. The molecule has 0 rings (SSSR count). The Morgan fingerprint density at radius 2 is 2.25 bits per heavy atom. The van der Waals surface area contributed by atoms with E-state index < -0.39 is 0 Å². The lowest BCUT2D eigenvalue weighted by molar-refractivity contribution is 0.193. The second kappa shape index (κ2) is 6.92. The summed E-state index contributed by atoms with van der Waals surface area (Å²) < 4.78 is 4.79. The number of hydrogen-bond donors (Lipinski definition) is 1. The lowest BCUT2D eigenvalue weighted by Gasteiger charge is -1.96. The molecule has 0 saturated heterocycles. The molecule has 0 aliphatic rings. The summed E-state index contributed by atoms with van der Waals surface area (Å²) in [6.45, 7) is 4.17. The summed E-state index contributed by atoms with van der Waals surface area (Å²) in [5.41, 5.74) is 4.96. The van der Waals surface area contributed by atoms with E-state index >= 15 is 0 Å². The van der Waals surface area contributed by atoms with Crippen molar-refractivity contribution in [2.24, 2.45) is 5.73 Å². The van der Waals surface area contributed by atoms with E-state index in [0.29, 0.717) is 0 Å². The average Bonchev–Trinajstić information content (AvgIpc) is 1.81. The Kier molecular flexibility index (Phi) is 6.85. The minimum atomic E-state index is 0.768. The Morgan fingerprint density at radius 3 is 2.75 bits per heavy atom. The van der Waals surface area contributed by atoms with Gasteiger partial charge in [0, 0.05) is 6.61 Å². The highest BCUT2D eigenvalue weighted by molar-refractivity contribution is 4.37. The monoisotopic (exact) mass is 116 g/mol. The highest BCUT2D eigenvalue weighted by atomic mass is 16.5. The molecule has 49 valence electrons. The number of hydrogen-bond acceptors (Lipinski definition) is 2. The van der Waals surface area contributed by atoms with Crippen LogP contribution in [0.3, 0.4) is 0 Å². The lowest BCUT2D eigenvalue weighted by atomic mass is 10.3. The molecule has 1 radical (unpaired) electrons. The van der Waals surface area contributed by atoms with E-state index in [1.807, 2.05) is 0 Å². The molecule has 0 aromatic carbocycles. The third-order valence-electron chi connectivity index (χ3n) is 0.962. The summed E-state index contributed by atoms with van der Waals surface area (Å²) >= 11 is 0. The molecule has 0 heterocycles. The van der Waals surface area contributed by atoms with Crippen molar-refractivity contribution in [3.8, 4) is 0 Å². The van der Waals surface area contributed by atoms with Gasteiger partial charge in [0.15, 0.2) is 0 Å². The fourth-order valence-electron chi connectivity index (χ4n) is 0.503. The van der Waals surface area contributed by atoms with Gasteiger partial charge in [0.25, 0.3) is 0 Å². The van der Waals surface area contributed by atoms with E-state index in [-0.39, 0.29) is 0 Å². The average molecular weight is 116 g/mol. The first kappa shape index (κ1) is 7.92. The van der Waals surface area contributed by atoms with Crippen molar-refractivity contribution < 1.29 is 4.74 Å². The summed E-state index contributed by atoms with van der Waals surface area (Å²) in [7, 11) is 0. The molecule has 2 heteroatoms. The first-order chi connectivity index (χ1) is 3.91. The molecular weight excluding hydrogens is 102 g/mol. The van der Waals surface area contributed by atoms with Gasteiger partial charge in [-0.2, -0.15) is 0 Å². The predicted molar refractivity (Wildman–Crippen MR) is 34.0 cm³/mol. The number of ether oxygens (including phenoxy) is 1. The van der Waals surface area contributed by atoms with Crippen LogP contribution in [-0.4, -0.2) is 6.61 Å². The lowest BCUT2D eigenvalue weighted by Crippen LogP contribution is -1.98. The molecule has 0 aromatic heterocycles. The zero-order chi connectivity index (χ0) is 6.24. The molecule has 0 spiro atoms. The zero-order valence-corrected chi connectivity index (χ0v) is 5.39. The first-order valence-electron chi connectivity index (χ1n) is 3.06. The molecule has 0 aliphatic heterocycles. The molecule has 8 heavy (non-hydrogen) atoms. The van der Waals surface area contributed by atoms with E-state index in [9.17, 15) is 0 Å². The van der Waals surface area contributed by atoms with Crippen LogP contribution in [0, 0.1) is 6.73 Å². The van der Waals surface area contributed by atoms with Crippen LogP contribution < -0.4 is 5.73 Å². The van der Waals surface area contributed by atoms with Gasteiger partial charge < -0.3 is 10.5 Å². The molecule has 0 unspecified atom stereocenters. The Hall–Kier alpha value is -0.0800. The molecule has 0 aliphatic carbocycles. The van der Waals surface area contributed by atoms with Crippen LogP contribution in [0.2, 0.25) is 0 Å². The largest absolute Gasteiger partial charge is 0.359 e. The third-order valence-corrected chi connectivity index (χ3v) is 0.962. The van der Waals surface area contributed by atoms with Crippen LogP contribution in [-0.2, 0) is 4.74 Å². The minimum Gasteiger partial charge on any atom is -0.359 e. The van der Waals surface area contributed by atoms with Crippen molar-refractivity contribution in [3.63, 3.8) is 0 Å². The van der Waals surface area contributed by atoms with Crippen molar-refractivity contribution in [3.05, 3.63) is 6.73 Å². The molecule has 2 nitrogen and oxygen atoms in total. The van der Waals surface area contributed by atoms with Crippen molar-refractivity contribution >= 4 is 0 Å². The summed E-state index contributed by atoms with van der Waals surface area (Å²) in [6.07, 6.45) is 3.58. The van der Waals surface area contributed by atoms with E-state index in [2.05, 4.69) is 6.92 Å². The summed E-state index contributed by atoms with van der Waals surface area (Å²) in [5, 5.41) is 0. The van der Waals surface area contributed by atoms with Gasteiger partial charge in [-0.1, -0.05) is 19.8 Å². The van der Waals surface area contributed by atoms with Crippen LogP contribution in [0.1, 0.15) is 26.2 Å². The maximum atomic E-state index is 4.96. The third kappa shape index (κ3) is 5.92. The standard InChI is InChI=1S/C6H14NO/c1-2-3-4-5-8-6-7/h6H,2-5,7H2,1H3. The summed E-state index contributed by atoms with van der Waals surface area (Å²) in [4.78, 5) is 0. The quantitative estimate of drug-likeness (QED) is 0.549. The smallest absolute Gasteiger partial charge is 0.145 e. The Balaban J connectivity index is 2.53. The number of nitrogens with two attached hydrogens (primary N) is 1. The molecule has 0 saturated carbocycles. The van der Waals surface area contributed by atoms with Gasteiger partial charge in [0.2, 0.25) is 0 Å². The summed E-state index contributed by atoms with van der Waals surface area (Å²) in [6, 6.07) is 0. The van der Waals surface area contributed by atoms with Gasteiger partial charge in [-0.25, -0.2) is 0 Å². The molecule has 0 atom stereocenters. The van der Waals surface area contributed by atoms with Crippen LogP contribution in [0.15, 0.2) is 0 Å². The van der Waals surface area contributed by atoms with Gasteiger partial charge in [-0.05, 0) is 6.42 Å². The molecule has 0 fully saturated rings. The van der Waals surface area contributed by atoms with Crippen LogP contribution in [0.4, 0.5) is 0 Å². The SMILES string of the molecule is CCCCCO[CH]N. The van der Waals surface area contributed by atoms with Crippen molar-refractivity contribution in [2.75, 3.05) is 6.61 Å². The van der Waals surface area contributed by atoms with Crippen LogP contribution in [0.25, 0.3) is 0 Å². The fraction of sp³-hybridized carbons (Fsp3) is 0.833. The highest BCUT2D eigenvalue weighted by Crippen LogP contribution is 1.93. The number of unbranched alkanes of at least 4 members (excludes halogenated alkanes) is 2. The van der Waals surface area contributed by atoms with Crippen molar-refractivity contribution in [2.45, 2.75) is 26.2 Å². The second-order valence-corrected chi connectivity index (χ2v) is 1.71. The number of rotatable bonds is 5. The van der Waals surface area contributed by atoms with Gasteiger partial charge >= 0.3 is 0 Å². The van der Waals surface area contributed by atoms with Gasteiger partial charge in [0.05, 0.1) is 0 Å². The fourth-order valence-corrected chi connectivity index (χ4v) is 0.503. The predicted octanol–water partition coefficient (Wildman–Crippen LogP) is 1.27. The normalized spacial score (nSPS) is 9.75. The van der Waals surface area contributed by atoms with Crippen LogP contribution >= 0.6 is 0 Å². The maximum absolute atomic E-state index is 4.96. The maximum Gasteiger partial charge on any atom is 0.145 e. The molecule has 0 bridgehead atoms. The van der Waals surface area contributed by atoms with Gasteiger partial charge in [0.1, 0.15) is 6.73 Å². The molecule has 0 aromatic rings. The highest BCUT2D eigenvalue weighted by Gasteiger charge is 1.83. The van der Waals surface area contributed by atoms with Gasteiger partial charge in [-0.15, -0.1) is 0 Å². The zero-order valence-electron chi connectivity index (χ0n) is 5.39. The Morgan fingerprint density at radius 1 is 1.50 bits per heavy atom. The topological polar surface area (TPSA) is 35.2 Å². The van der Waals surface area contributed by atoms with Crippen LogP contribution in [0.5, 0.6) is 0 Å². The molecule has 2 N–H and O–H groups in total. The molecule has 0 amide bonds. The molecular formula is C6H14NO.